The van der Waals surface area contributed by atoms with Gasteiger partial charge in [-0.1, -0.05) is 6.07 Å². The summed E-state index contributed by atoms with van der Waals surface area (Å²) in [5.41, 5.74) is 0.183. The molecule has 0 amide bonds. The molecule has 0 aromatic heterocycles. The monoisotopic (exact) mass is 193 g/mol. The lowest BCUT2D eigenvalue weighted by molar-refractivity contribution is -0.138. The van der Waals surface area contributed by atoms with Gasteiger partial charge < -0.3 is 10.2 Å². The van der Waals surface area contributed by atoms with Gasteiger partial charge in [0.15, 0.2) is 4.98 Å². The SMILES string of the molecule is CC(C(=O)O)c1cccc(O)c1[N+]#N. The molecular weight excluding hydrogens is 184 g/mol. The number of rotatable bonds is 2. The van der Waals surface area contributed by atoms with Gasteiger partial charge in [-0.25, -0.2) is 0 Å². The normalized spacial score (nSPS) is 11.7. The van der Waals surface area contributed by atoms with Crippen LogP contribution in [0.25, 0.3) is 4.98 Å². The molecule has 0 aliphatic carbocycles. The van der Waals surface area contributed by atoms with E-state index in [4.69, 9.17) is 10.5 Å². The molecule has 5 nitrogen and oxygen atoms in total. The number of carboxylic acid groups (broad SMARTS) is 1. The van der Waals surface area contributed by atoms with E-state index < -0.39 is 11.9 Å². The van der Waals surface area contributed by atoms with E-state index in [0.717, 1.165) is 0 Å². The number of carboxylic acids is 1. The first-order chi connectivity index (χ1) is 6.57. The zero-order valence-corrected chi connectivity index (χ0v) is 7.51. The molecule has 1 atom stereocenters. The van der Waals surface area contributed by atoms with Crippen LogP contribution in [0.4, 0.5) is 5.69 Å². The molecule has 0 bridgehead atoms. The summed E-state index contributed by atoms with van der Waals surface area (Å²) in [6.07, 6.45) is 0. The van der Waals surface area contributed by atoms with E-state index in [9.17, 15) is 9.90 Å². The summed E-state index contributed by atoms with van der Waals surface area (Å²) in [5.74, 6) is -2.10. The highest BCUT2D eigenvalue weighted by Gasteiger charge is 2.27. The number of aromatic hydroxyl groups is 1. The van der Waals surface area contributed by atoms with E-state index >= 15 is 0 Å². The summed E-state index contributed by atoms with van der Waals surface area (Å²) in [7, 11) is 0. The molecule has 0 aliphatic heterocycles. The summed E-state index contributed by atoms with van der Waals surface area (Å²) >= 11 is 0. The number of aliphatic carboxylic acids is 1. The number of nitrogens with zero attached hydrogens (tertiary/aromatic N) is 2. The van der Waals surface area contributed by atoms with Crippen molar-refractivity contribution in [3.8, 4) is 5.75 Å². The standard InChI is InChI=1S/C9H8N2O3/c1-5(9(13)14)6-3-2-4-7(12)8(6)11-10/h2-5H,1H3,(H-,12,13,14)/p+1. The summed E-state index contributed by atoms with van der Waals surface area (Å²) in [5, 5.41) is 26.6. The number of phenols is 1. The number of benzene rings is 1. The molecule has 1 unspecified atom stereocenters. The van der Waals surface area contributed by atoms with Crippen LogP contribution in [0, 0.1) is 5.39 Å². The highest BCUT2D eigenvalue weighted by atomic mass is 16.4. The molecule has 1 aromatic rings. The van der Waals surface area contributed by atoms with Crippen LogP contribution in [-0.2, 0) is 4.79 Å². The van der Waals surface area contributed by atoms with Crippen LogP contribution in [0.5, 0.6) is 5.75 Å². The Bertz CT molecular complexity index is 409. The van der Waals surface area contributed by atoms with Crippen molar-refractivity contribution >= 4 is 11.7 Å². The summed E-state index contributed by atoms with van der Waals surface area (Å²) in [4.78, 5) is 13.5. The third kappa shape index (κ3) is 1.64. The molecule has 0 spiro atoms. The average Bonchev–Trinajstić information content (AvgIpc) is 2.16. The van der Waals surface area contributed by atoms with Crippen molar-refractivity contribution in [3.63, 3.8) is 0 Å². The maximum absolute atomic E-state index is 10.7. The van der Waals surface area contributed by atoms with Gasteiger partial charge >= 0.3 is 11.7 Å². The van der Waals surface area contributed by atoms with E-state index in [-0.39, 0.29) is 17.0 Å². The fourth-order valence-corrected chi connectivity index (χ4v) is 1.14. The Hall–Kier alpha value is -2.09. The molecular formula is C9H9N2O3+. The van der Waals surface area contributed by atoms with Crippen molar-refractivity contribution in [1.82, 2.24) is 0 Å². The molecule has 0 heterocycles. The summed E-state index contributed by atoms with van der Waals surface area (Å²) in [6.45, 7) is 1.45. The molecule has 2 N–H and O–H groups in total. The van der Waals surface area contributed by atoms with Gasteiger partial charge in [-0.15, -0.1) is 0 Å². The first kappa shape index (κ1) is 9.99. The second-order valence-corrected chi connectivity index (χ2v) is 2.87. The lowest BCUT2D eigenvalue weighted by Crippen LogP contribution is -2.07. The maximum Gasteiger partial charge on any atom is 0.430 e. The Labute approximate surface area is 80.2 Å². The second-order valence-electron chi connectivity index (χ2n) is 2.87. The molecule has 14 heavy (non-hydrogen) atoms. The van der Waals surface area contributed by atoms with E-state index in [1.165, 1.54) is 25.1 Å². The Morgan fingerprint density at radius 2 is 2.21 bits per heavy atom. The summed E-state index contributed by atoms with van der Waals surface area (Å²) < 4.78 is 0. The molecule has 0 fully saturated rings. The predicted octanol–water partition coefficient (Wildman–Crippen LogP) is 2.06. The second kappa shape index (κ2) is 3.75. The molecule has 0 saturated carbocycles. The Balaban J connectivity index is 3.29. The third-order valence-corrected chi connectivity index (χ3v) is 1.98. The van der Waals surface area contributed by atoms with Crippen LogP contribution in [0.15, 0.2) is 18.2 Å². The van der Waals surface area contributed by atoms with Gasteiger partial charge in [0.1, 0.15) is 0 Å². The van der Waals surface area contributed by atoms with Crippen LogP contribution in [0.3, 0.4) is 0 Å². The lowest BCUT2D eigenvalue weighted by Gasteiger charge is -2.03. The first-order valence-corrected chi connectivity index (χ1v) is 3.97. The molecule has 72 valence electrons. The number of phenolic OH excluding ortho intramolecular Hbond substituents is 1. The van der Waals surface area contributed by atoms with E-state index in [1.54, 1.807) is 0 Å². The highest BCUT2D eigenvalue weighted by molar-refractivity contribution is 5.80. The number of carbonyl (C=O) groups is 1. The van der Waals surface area contributed by atoms with Gasteiger partial charge in [0.25, 0.3) is 0 Å². The Morgan fingerprint density at radius 1 is 1.57 bits per heavy atom. The van der Waals surface area contributed by atoms with Crippen molar-refractivity contribution < 1.29 is 15.0 Å². The molecule has 0 radical (unpaired) electrons. The van der Waals surface area contributed by atoms with Crippen LogP contribution >= 0.6 is 0 Å². The number of hydrogen-bond acceptors (Lipinski definition) is 3. The highest BCUT2D eigenvalue weighted by Crippen LogP contribution is 2.34. The van der Waals surface area contributed by atoms with Gasteiger partial charge in [0.05, 0.1) is 11.5 Å². The summed E-state index contributed by atoms with van der Waals surface area (Å²) in [6, 6.07) is 4.32. The largest absolute Gasteiger partial charge is 0.501 e. The van der Waals surface area contributed by atoms with Gasteiger partial charge in [-0.2, -0.15) is 0 Å². The van der Waals surface area contributed by atoms with Crippen LogP contribution in [0.1, 0.15) is 18.4 Å². The molecule has 1 aromatic carbocycles. The van der Waals surface area contributed by atoms with Crippen molar-refractivity contribution in [1.29, 1.82) is 5.39 Å². The molecule has 0 saturated heterocycles. The van der Waals surface area contributed by atoms with Crippen molar-refractivity contribution in [2.24, 2.45) is 0 Å². The molecule has 1 rings (SSSR count). The quantitative estimate of drug-likeness (QED) is 0.704. The fraction of sp³-hybridized carbons (Fsp3) is 0.222. The fourth-order valence-electron chi connectivity index (χ4n) is 1.14. The lowest BCUT2D eigenvalue weighted by atomic mass is 9.99. The minimum Gasteiger partial charge on any atom is -0.501 e. The van der Waals surface area contributed by atoms with Crippen LogP contribution in [0.2, 0.25) is 0 Å². The van der Waals surface area contributed by atoms with E-state index in [2.05, 4.69) is 4.98 Å². The first-order valence-electron chi connectivity index (χ1n) is 3.97. The van der Waals surface area contributed by atoms with Gasteiger partial charge in [0, 0.05) is 0 Å². The van der Waals surface area contributed by atoms with Gasteiger partial charge in [0.2, 0.25) is 11.1 Å². The molecule has 5 heteroatoms. The Morgan fingerprint density at radius 3 is 2.71 bits per heavy atom. The van der Waals surface area contributed by atoms with Crippen molar-refractivity contribution in [2.45, 2.75) is 12.8 Å². The molecule has 0 aliphatic rings. The number of diazo groups is 1. The smallest absolute Gasteiger partial charge is 0.430 e. The zero-order chi connectivity index (χ0) is 10.7. The van der Waals surface area contributed by atoms with Gasteiger partial charge in [-0.3, -0.25) is 4.79 Å². The van der Waals surface area contributed by atoms with Gasteiger partial charge in [-0.05, 0) is 19.1 Å². The van der Waals surface area contributed by atoms with Crippen LogP contribution in [-0.4, -0.2) is 16.2 Å². The Kier molecular flexibility index (Phi) is 2.67. The van der Waals surface area contributed by atoms with Crippen molar-refractivity contribution in [3.05, 3.63) is 28.7 Å². The third-order valence-electron chi connectivity index (χ3n) is 1.98. The average molecular weight is 193 g/mol. The topological polar surface area (TPSA) is 85.7 Å². The van der Waals surface area contributed by atoms with Crippen molar-refractivity contribution in [2.75, 3.05) is 0 Å². The minimum atomic E-state index is -1.04. The maximum atomic E-state index is 10.7. The minimum absolute atomic E-state index is 0.0950. The van der Waals surface area contributed by atoms with Crippen LogP contribution < -0.4 is 0 Å². The number of hydrogen-bond donors (Lipinski definition) is 2. The van der Waals surface area contributed by atoms with E-state index in [1.807, 2.05) is 0 Å². The van der Waals surface area contributed by atoms with E-state index in [0.29, 0.717) is 0 Å². The zero-order valence-electron chi connectivity index (χ0n) is 7.51. The predicted molar refractivity (Wildman–Crippen MR) is 48.9 cm³/mol.